The third-order valence-electron chi connectivity index (χ3n) is 3.77. The number of benzene rings is 1. The smallest absolute Gasteiger partial charge is 0.334 e. The van der Waals surface area contributed by atoms with E-state index in [2.05, 4.69) is 0 Å². The standard InChI is InChI=1S/C15H19ClN2O6S/c1-10-7-18(8-13(24-10)15(20)21)14(19)9-17(2)25(22,23)12-5-3-11(16)4-6-12/h3-6,10,13H,7-9H2,1-2H3,(H,20,21)/t10-,13?/m1/s1. The van der Waals surface area contributed by atoms with Crippen LogP contribution in [0.5, 0.6) is 0 Å². The summed E-state index contributed by atoms with van der Waals surface area (Å²) in [6, 6.07) is 5.61. The molecule has 0 bridgehead atoms. The van der Waals surface area contributed by atoms with E-state index in [1.807, 2.05) is 0 Å². The third-order valence-corrected chi connectivity index (χ3v) is 5.84. The Bertz CT molecular complexity index is 752. The number of aliphatic carboxylic acids is 1. The second-order valence-corrected chi connectivity index (χ2v) is 8.27. The van der Waals surface area contributed by atoms with Crippen molar-refractivity contribution in [3.63, 3.8) is 0 Å². The minimum absolute atomic E-state index is 0.0194. The van der Waals surface area contributed by atoms with Crippen LogP contribution in [-0.4, -0.2) is 73.5 Å². The first-order valence-electron chi connectivity index (χ1n) is 7.49. The summed E-state index contributed by atoms with van der Waals surface area (Å²) >= 11 is 5.75. The summed E-state index contributed by atoms with van der Waals surface area (Å²) in [5.41, 5.74) is 0. The van der Waals surface area contributed by atoms with Gasteiger partial charge in [-0.15, -0.1) is 0 Å². The molecule has 1 aliphatic rings. The number of nitrogens with zero attached hydrogens (tertiary/aromatic N) is 2. The van der Waals surface area contributed by atoms with Crippen LogP contribution in [0.15, 0.2) is 29.2 Å². The van der Waals surface area contributed by atoms with Crippen molar-refractivity contribution in [3.05, 3.63) is 29.3 Å². The van der Waals surface area contributed by atoms with Gasteiger partial charge >= 0.3 is 5.97 Å². The van der Waals surface area contributed by atoms with Gasteiger partial charge in [-0.3, -0.25) is 4.79 Å². The highest BCUT2D eigenvalue weighted by Crippen LogP contribution is 2.18. The second-order valence-electron chi connectivity index (χ2n) is 5.79. The van der Waals surface area contributed by atoms with Gasteiger partial charge < -0.3 is 14.7 Å². The summed E-state index contributed by atoms with van der Waals surface area (Å²) in [6.45, 7) is 1.35. The van der Waals surface area contributed by atoms with E-state index in [1.165, 1.54) is 36.2 Å². The van der Waals surface area contributed by atoms with Crippen LogP contribution in [0, 0.1) is 0 Å². The predicted octanol–water partition coefficient (Wildman–Crippen LogP) is 0.661. The lowest BCUT2D eigenvalue weighted by Gasteiger charge is -2.35. The molecule has 1 aromatic rings. The Labute approximate surface area is 151 Å². The lowest BCUT2D eigenvalue weighted by atomic mass is 10.2. The number of ether oxygens (including phenoxy) is 1. The molecule has 2 atom stereocenters. The Balaban J connectivity index is 2.08. The number of amides is 1. The molecule has 1 N–H and O–H groups in total. The van der Waals surface area contributed by atoms with E-state index in [-0.39, 0.29) is 18.0 Å². The fourth-order valence-corrected chi connectivity index (χ4v) is 3.70. The van der Waals surface area contributed by atoms with E-state index in [1.54, 1.807) is 6.92 Å². The molecule has 1 aromatic carbocycles. The Kier molecular flexibility index (Phi) is 6.04. The highest BCUT2D eigenvalue weighted by Gasteiger charge is 2.34. The summed E-state index contributed by atoms with van der Waals surface area (Å²) in [5, 5.41) is 9.46. The lowest BCUT2D eigenvalue weighted by molar-refractivity contribution is -0.166. The number of carboxylic acids is 1. The van der Waals surface area contributed by atoms with Gasteiger partial charge in [0.05, 0.1) is 24.1 Å². The summed E-state index contributed by atoms with van der Waals surface area (Å²) < 4.78 is 31.2. The number of carbonyl (C=O) groups excluding carboxylic acids is 1. The normalized spacial score (nSPS) is 21.4. The van der Waals surface area contributed by atoms with Crippen LogP contribution in [0.2, 0.25) is 5.02 Å². The van der Waals surface area contributed by atoms with E-state index >= 15 is 0 Å². The minimum atomic E-state index is -3.85. The van der Waals surface area contributed by atoms with Crippen LogP contribution >= 0.6 is 11.6 Å². The Morgan fingerprint density at radius 1 is 1.32 bits per heavy atom. The van der Waals surface area contributed by atoms with Gasteiger partial charge in [-0.05, 0) is 31.2 Å². The van der Waals surface area contributed by atoms with E-state index < -0.39 is 40.7 Å². The van der Waals surface area contributed by atoms with Gasteiger partial charge in [-0.25, -0.2) is 13.2 Å². The Morgan fingerprint density at radius 2 is 1.92 bits per heavy atom. The molecule has 0 aliphatic carbocycles. The van der Waals surface area contributed by atoms with Gasteiger partial charge in [0.15, 0.2) is 6.10 Å². The molecular formula is C15H19ClN2O6S. The number of morpholine rings is 1. The van der Waals surface area contributed by atoms with Crippen molar-refractivity contribution in [2.45, 2.75) is 24.0 Å². The van der Waals surface area contributed by atoms with Gasteiger partial charge in [0, 0.05) is 18.6 Å². The molecule has 1 unspecified atom stereocenters. The van der Waals surface area contributed by atoms with E-state index in [0.717, 1.165) is 4.31 Å². The van der Waals surface area contributed by atoms with Crippen molar-refractivity contribution in [3.8, 4) is 0 Å². The fraction of sp³-hybridized carbons (Fsp3) is 0.467. The number of carbonyl (C=O) groups is 2. The van der Waals surface area contributed by atoms with Gasteiger partial charge in [0.25, 0.3) is 0 Å². The molecule has 25 heavy (non-hydrogen) atoms. The van der Waals surface area contributed by atoms with Crippen LogP contribution in [0.1, 0.15) is 6.92 Å². The molecule has 1 aliphatic heterocycles. The summed E-state index contributed by atoms with van der Waals surface area (Å²) in [6.07, 6.45) is -1.57. The molecule has 1 fully saturated rings. The molecule has 0 aromatic heterocycles. The minimum Gasteiger partial charge on any atom is -0.479 e. The Morgan fingerprint density at radius 3 is 2.48 bits per heavy atom. The van der Waals surface area contributed by atoms with Crippen molar-refractivity contribution in [1.82, 2.24) is 9.21 Å². The van der Waals surface area contributed by atoms with Crippen LogP contribution in [0.3, 0.4) is 0 Å². The van der Waals surface area contributed by atoms with Crippen molar-refractivity contribution >= 4 is 33.5 Å². The molecular weight excluding hydrogens is 372 g/mol. The van der Waals surface area contributed by atoms with Gasteiger partial charge in [0.2, 0.25) is 15.9 Å². The van der Waals surface area contributed by atoms with Gasteiger partial charge in [-0.1, -0.05) is 11.6 Å². The number of sulfonamides is 1. The lowest BCUT2D eigenvalue weighted by Crippen LogP contribution is -2.53. The first kappa shape index (κ1) is 19.6. The maximum atomic E-state index is 12.5. The maximum Gasteiger partial charge on any atom is 0.334 e. The van der Waals surface area contributed by atoms with Crippen LogP contribution in [-0.2, 0) is 24.3 Å². The van der Waals surface area contributed by atoms with E-state index in [9.17, 15) is 18.0 Å². The Hall–Kier alpha value is -1.68. The fourth-order valence-electron chi connectivity index (χ4n) is 2.45. The second kappa shape index (κ2) is 7.69. The number of hydrogen-bond donors (Lipinski definition) is 1. The highest BCUT2D eigenvalue weighted by atomic mass is 35.5. The number of carboxylic acid groups (broad SMARTS) is 1. The first-order chi connectivity index (χ1) is 11.6. The average molecular weight is 391 g/mol. The molecule has 0 saturated carbocycles. The largest absolute Gasteiger partial charge is 0.479 e. The van der Waals surface area contributed by atoms with Crippen molar-refractivity contribution < 1.29 is 27.9 Å². The number of rotatable bonds is 5. The first-order valence-corrected chi connectivity index (χ1v) is 9.31. The van der Waals surface area contributed by atoms with Crippen LogP contribution < -0.4 is 0 Å². The molecule has 1 amide bonds. The molecule has 8 nitrogen and oxygen atoms in total. The van der Waals surface area contributed by atoms with E-state index in [0.29, 0.717) is 5.02 Å². The average Bonchev–Trinajstić information content (AvgIpc) is 2.54. The van der Waals surface area contributed by atoms with Gasteiger partial charge in [-0.2, -0.15) is 4.31 Å². The monoisotopic (exact) mass is 390 g/mol. The number of likely N-dealkylation sites (N-methyl/N-ethyl adjacent to an activating group) is 1. The molecule has 0 spiro atoms. The quantitative estimate of drug-likeness (QED) is 0.792. The van der Waals surface area contributed by atoms with Crippen molar-refractivity contribution in [2.75, 3.05) is 26.7 Å². The van der Waals surface area contributed by atoms with Crippen LogP contribution in [0.4, 0.5) is 0 Å². The third kappa shape index (κ3) is 4.69. The molecule has 138 valence electrons. The summed E-state index contributed by atoms with van der Waals surface area (Å²) in [5.74, 6) is -1.65. The van der Waals surface area contributed by atoms with Crippen molar-refractivity contribution in [1.29, 1.82) is 0 Å². The van der Waals surface area contributed by atoms with Crippen LogP contribution in [0.25, 0.3) is 0 Å². The summed E-state index contributed by atoms with van der Waals surface area (Å²) in [7, 11) is -2.56. The maximum absolute atomic E-state index is 12.5. The zero-order valence-electron chi connectivity index (χ0n) is 13.8. The molecule has 1 heterocycles. The van der Waals surface area contributed by atoms with E-state index in [4.69, 9.17) is 21.4 Å². The topological polar surface area (TPSA) is 104 Å². The number of hydrogen-bond acceptors (Lipinski definition) is 5. The molecule has 2 rings (SSSR count). The van der Waals surface area contributed by atoms with Gasteiger partial charge in [0.1, 0.15) is 0 Å². The summed E-state index contributed by atoms with van der Waals surface area (Å²) in [4.78, 5) is 24.8. The highest BCUT2D eigenvalue weighted by molar-refractivity contribution is 7.89. The number of halogens is 1. The molecule has 0 radical (unpaired) electrons. The zero-order valence-corrected chi connectivity index (χ0v) is 15.3. The molecule has 1 saturated heterocycles. The predicted molar refractivity (Wildman–Crippen MR) is 89.8 cm³/mol. The molecule has 10 heteroatoms. The van der Waals surface area contributed by atoms with Crippen molar-refractivity contribution in [2.24, 2.45) is 0 Å². The zero-order chi connectivity index (χ0) is 18.8. The SMILES string of the molecule is C[C@@H]1CN(C(=O)CN(C)S(=O)(=O)c2ccc(Cl)cc2)CC(C(=O)O)O1.